The van der Waals surface area contributed by atoms with E-state index in [0.29, 0.717) is 23.1 Å². The Morgan fingerprint density at radius 1 is 1.33 bits per heavy atom. The van der Waals surface area contributed by atoms with Crippen molar-refractivity contribution in [2.24, 2.45) is 0 Å². The highest BCUT2D eigenvalue weighted by atomic mass is 35.5. The van der Waals surface area contributed by atoms with Crippen molar-refractivity contribution >= 4 is 45.9 Å². The highest BCUT2D eigenvalue weighted by Gasteiger charge is 2.28. The van der Waals surface area contributed by atoms with Crippen LogP contribution in [-0.2, 0) is 13.2 Å². The van der Waals surface area contributed by atoms with Crippen molar-refractivity contribution in [3.05, 3.63) is 65.7 Å². The first-order chi connectivity index (χ1) is 14.4. The van der Waals surface area contributed by atoms with Crippen LogP contribution in [0.1, 0.15) is 27.9 Å². The quantitative estimate of drug-likeness (QED) is 0.324. The number of nitrogens with zero attached hydrogens (tertiary/aromatic N) is 3. The molecule has 30 heavy (non-hydrogen) atoms. The van der Waals surface area contributed by atoms with Crippen LogP contribution in [0.4, 0.5) is 5.69 Å². The van der Waals surface area contributed by atoms with E-state index in [9.17, 15) is 14.9 Å². The van der Waals surface area contributed by atoms with E-state index in [0.717, 1.165) is 4.88 Å². The Balaban J connectivity index is 1.91. The van der Waals surface area contributed by atoms with Crippen molar-refractivity contribution in [1.82, 2.24) is 9.88 Å². The summed E-state index contributed by atoms with van der Waals surface area (Å²) in [5.74, 6) is -0.0747. The molecule has 3 rings (SSSR count). The molecule has 0 atom stereocenters. The molecule has 2 heterocycles. The third-order valence-corrected chi connectivity index (χ3v) is 6.06. The zero-order valence-corrected chi connectivity index (χ0v) is 18.6. The summed E-state index contributed by atoms with van der Waals surface area (Å²) in [5, 5.41) is 13.5. The van der Waals surface area contributed by atoms with Gasteiger partial charge in [-0.2, -0.15) is 0 Å². The van der Waals surface area contributed by atoms with Gasteiger partial charge in [0.05, 0.1) is 40.2 Å². The van der Waals surface area contributed by atoms with Crippen molar-refractivity contribution in [2.45, 2.75) is 20.1 Å². The minimum atomic E-state index is -0.599. The van der Waals surface area contributed by atoms with Gasteiger partial charge in [0.2, 0.25) is 0 Å². The molecule has 0 fully saturated rings. The van der Waals surface area contributed by atoms with Gasteiger partial charge < -0.3 is 14.4 Å². The van der Waals surface area contributed by atoms with Crippen LogP contribution in [0.3, 0.4) is 0 Å². The molecule has 0 bridgehead atoms. The van der Waals surface area contributed by atoms with Gasteiger partial charge in [0.25, 0.3) is 11.6 Å². The molecule has 11 heteroatoms. The summed E-state index contributed by atoms with van der Waals surface area (Å²) in [7, 11) is 1.41. The number of carbonyl (C=O) groups excluding carboxylic acids is 1. The summed E-state index contributed by atoms with van der Waals surface area (Å²) >= 11 is 8.74. The second kappa shape index (κ2) is 9.88. The standard InChI is InChI=1S/C19H18ClN3O5S2/c1-3-22(8-13-4-5-18(20)30-13)19(24)14-6-16(27-2)17(7-15(14)23(25)26)28-9-12-10-29-11-21-12/h4-7,10-11H,3,8-9H2,1-2H3. The maximum Gasteiger partial charge on any atom is 0.286 e. The number of carbonyl (C=O) groups is 1. The molecule has 1 aromatic carbocycles. The molecule has 8 nitrogen and oxygen atoms in total. The minimum Gasteiger partial charge on any atom is -0.493 e. The molecule has 0 saturated carbocycles. The lowest BCUT2D eigenvalue weighted by Gasteiger charge is -2.21. The summed E-state index contributed by atoms with van der Waals surface area (Å²) in [6.07, 6.45) is 0. The second-order valence-corrected chi connectivity index (χ2v) is 8.59. The summed E-state index contributed by atoms with van der Waals surface area (Å²) < 4.78 is 11.6. The number of hydrogen-bond acceptors (Lipinski definition) is 8. The Morgan fingerprint density at radius 2 is 2.13 bits per heavy atom. The van der Waals surface area contributed by atoms with E-state index in [1.165, 1.54) is 46.8 Å². The van der Waals surface area contributed by atoms with E-state index in [-0.39, 0.29) is 29.4 Å². The zero-order chi connectivity index (χ0) is 21.7. The average Bonchev–Trinajstić information content (AvgIpc) is 3.40. The number of benzene rings is 1. The molecule has 0 aliphatic carbocycles. The van der Waals surface area contributed by atoms with Crippen LogP contribution < -0.4 is 9.47 Å². The first-order valence-electron chi connectivity index (χ1n) is 8.82. The van der Waals surface area contributed by atoms with Gasteiger partial charge in [-0.1, -0.05) is 11.6 Å². The van der Waals surface area contributed by atoms with E-state index in [2.05, 4.69) is 4.98 Å². The number of amides is 1. The van der Waals surface area contributed by atoms with Crippen LogP contribution >= 0.6 is 34.3 Å². The predicted molar refractivity (Wildman–Crippen MR) is 116 cm³/mol. The highest BCUT2D eigenvalue weighted by Crippen LogP contribution is 2.36. The molecule has 0 spiro atoms. The van der Waals surface area contributed by atoms with E-state index in [1.807, 2.05) is 18.4 Å². The lowest BCUT2D eigenvalue weighted by Crippen LogP contribution is -2.30. The van der Waals surface area contributed by atoms with Crippen molar-refractivity contribution in [3.63, 3.8) is 0 Å². The van der Waals surface area contributed by atoms with Crippen LogP contribution in [0.5, 0.6) is 11.5 Å². The predicted octanol–water partition coefficient (Wildman–Crippen LogP) is 5.02. The van der Waals surface area contributed by atoms with Crippen molar-refractivity contribution in [3.8, 4) is 11.5 Å². The number of rotatable bonds is 9. The molecule has 3 aromatic rings. The molecule has 0 aliphatic rings. The molecule has 0 aliphatic heterocycles. The Morgan fingerprint density at radius 3 is 2.70 bits per heavy atom. The fourth-order valence-electron chi connectivity index (χ4n) is 2.73. The fourth-order valence-corrected chi connectivity index (χ4v) is 4.37. The third kappa shape index (κ3) is 5.07. The first-order valence-corrected chi connectivity index (χ1v) is 11.0. The number of nitro groups is 1. The lowest BCUT2D eigenvalue weighted by atomic mass is 10.1. The lowest BCUT2D eigenvalue weighted by molar-refractivity contribution is -0.385. The molecular formula is C19H18ClN3O5S2. The molecule has 2 aromatic heterocycles. The average molecular weight is 468 g/mol. The summed E-state index contributed by atoms with van der Waals surface area (Å²) in [5.41, 5.74) is 1.94. The van der Waals surface area contributed by atoms with Crippen molar-refractivity contribution in [1.29, 1.82) is 0 Å². The number of nitro benzene ring substituents is 1. The largest absolute Gasteiger partial charge is 0.493 e. The first kappa shape index (κ1) is 22.0. The van der Waals surface area contributed by atoms with E-state index >= 15 is 0 Å². The summed E-state index contributed by atoms with van der Waals surface area (Å²) in [6, 6.07) is 6.14. The Hall–Kier alpha value is -2.69. The zero-order valence-electron chi connectivity index (χ0n) is 16.2. The van der Waals surface area contributed by atoms with Crippen LogP contribution in [0.15, 0.2) is 35.2 Å². The van der Waals surface area contributed by atoms with Gasteiger partial charge in [0, 0.05) is 22.9 Å². The van der Waals surface area contributed by atoms with Gasteiger partial charge >= 0.3 is 0 Å². The number of halogens is 1. The number of aromatic nitrogens is 1. The molecule has 0 unspecified atom stereocenters. The monoisotopic (exact) mass is 467 g/mol. The number of methoxy groups -OCH3 is 1. The Kier molecular flexibility index (Phi) is 7.24. The maximum atomic E-state index is 13.1. The topological polar surface area (TPSA) is 94.8 Å². The van der Waals surface area contributed by atoms with Gasteiger partial charge in [0.15, 0.2) is 11.5 Å². The van der Waals surface area contributed by atoms with Crippen LogP contribution in [0.25, 0.3) is 0 Å². The third-order valence-electron chi connectivity index (χ3n) is 4.21. The molecular weight excluding hydrogens is 450 g/mol. The number of ether oxygens (including phenoxy) is 2. The van der Waals surface area contributed by atoms with Crippen LogP contribution in [0.2, 0.25) is 4.34 Å². The number of thiazole rings is 1. The van der Waals surface area contributed by atoms with Gasteiger partial charge in [0.1, 0.15) is 12.2 Å². The maximum absolute atomic E-state index is 13.1. The smallest absolute Gasteiger partial charge is 0.286 e. The van der Waals surface area contributed by atoms with Gasteiger partial charge in [-0.3, -0.25) is 14.9 Å². The van der Waals surface area contributed by atoms with Gasteiger partial charge in [-0.15, -0.1) is 22.7 Å². The molecule has 158 valence electrons. The highest BCUT2D eigenvalue weighted by molar-refractivity contribution is 7.16. The molecule has 0 radical (unpaired) electrons. The van der Waals surface area contributed by atoms with Gasteiger partial charge in [-0.05, 0) is 19.1 Å². The molecule has 0 N–H and O–H groups in total. The SMILES string of the molecule is CCN(Cc1ccc(Cl)s1)C(=O)c1cc(OC)c(OCc2cscn2)cc1[N+](=O)[O-]. The van der Waals surface area contributed by atoms with E-state index in [1.54, 1.807) is 11.6 Å². The van der Waals surface area contributed by atoms with Crippen molar-refractivity contribution in [2.75, 3.05) is 13.7 Å². The fraction of sp³-hybridized carbons (Fsp3) is 0.263. The normalized spacial score (nSPS) is 10.6. The van der Waals surface area contributed by atoms with Gasteiger partial charge in [-0.25, -0.2) is 4.98 Å². The molecule has 1 amide bonds. The Labute approximate surface area is 185 Å². The molecule has 0 saturated heterocycles. The second-order valence-electron chi connectivity index (χ2n) is 6.07. The minimum absolute atomic E-state index is 0.0673. The number of hydrogen-bond donors (Lipinski definition) is 0. The summed E-state index contributed by atoms with van der Waals surface area (Å²) in [6.45, 7) is 2.61. The van der Waals surface area contributed by atoms with E-state index < -0.39 is 10.8 Å². The van der Waals surface area contributed by atoms with Crippen LogP contribution in [0, 0.1) is 10.1 Å². The van der Waals surface area contributed by atoms with E-state index in [4.69, 9.17) is 21.1 Å². The van der Waals surface area contributed by atoms with Crippen LogP contribution in [-0.4, -0.2) is 34.4 Å². The summed E-state index contributed by atoms with van der Waals surface area (Å²) in [4.78, 5) is 30.7. The Bertz CT molecular complexity index is 1040. The van der Waals surface area contributed by atoms with Crippen molar-refractivity contribution < 1.29 is 19.2 Å². The number of thiophene rings is 1.